The molecule has 0 unspecified atom stereocenters. The lowest BCUT2D eigenvalue weighted by Gasteiger charge is -2.23. The number of nitrogens with one attached hydrogen (secondary N) is 1. The summed E-state index contributed by atoms with van der Waals surface area (Å²) in [5, 5.41) is 12.6. The lowest BCUT2D eigenvalue weighted by molar-refractivity contribution is -0.141. The Morgan fingerprint density at radius 2 is 2.07 bits per heavy atom. The van der Waals surface area contributed by atoms with Gasteiger partial charge in [-0.3, -0.25) is 0 Å². The maximum atomic E-state index is 10.9. The van der Waals surface area contributed by atoms with Crippen LogP contribution in [0.3, 0.4) is 0 Å². The number of carboxylic acid groups (broad SMARTS) is 1. The van der Waals surface area contributed by atoms with E-state index in [0.717, 1.165) is 11.3 Å². The molecule has 0 aromatic heterocycles. The first-order valence-electron chi connectivity index (χ1n) is 4.60. The molecule has 1 aromatic rings. The minimum Gasteiger partial charge on any atom is -0.480 e. The Balaban J connectivity index is 2.95. The molecule has 15 heavy (non-hydrogen) atoms. The van der Waals surface area contributed by atoms with Crippen LogP contribution in [-0.2, 0) is 4.79 Å². The van der Waals surface area contributed by atoms with Crippen LogP contribution >= 0.6 is 11.6 Å². The Kier molecular flexibility index (Phi) is 3.25. The van der Waals surface area contributed by atoms with Crippen LogP contribution in [0.4, 0.5) is 5.69 Å². The van der Waals surface area contributed by atoms with Crippen molar-refractivity contribution in [2.75, 3.05) is 5.32 Å². The highest BCUT2D eigenvalue weighted by Crippen LogP contribution is 2.22. The molecule has 0 aliphatic heterocycles. The fraction of sp³-hybridized carbons (Fsp3) is 0.364. The topological polar surface area (TPSA) is 49.3 Å². The lowest BCUT2D eigenvalue weighted by atomic mass is 10.0. The van der Waals surface area contributed by atoms with Crippen molar-refractivity contribution < 1.29 is 9.90 Å². The average Bonchev–Trinajstić information content (AvgIpc) is 2.09. The van der Waals surface area contributed by atoms with Gasteiger partial charge in [0.05, 0.1) is 0 Å². The summed E-state index contributed by atoms with van der Waals surface area (Å²) in [6.07, 6.45) is 0. The van der Waals surface area contributed by atoms with Crippen LogP contribution in [0, 0.1) is 6.92 Å². The van der Waals surface area contributed by atoms with Gasteiger partial charge in [-0.1, -0.05) is 11.6 Å². The second-order valence-electron chi connectivity index (χ2n) is 4.01. The number of halogens is 1. The maximum absolute atomic E-state index is 10.9. The fourth-order valence-electron chi connectivity index (χ4n) is 1.16. The van der Waals surface area contributed by atoms with Gasteiger partial charge in [-0.25, -0.2) is 4.79 Å². The summed E-state index contributed by atoms with van der Waals surface area (Å²) in [6.45, 7) is 5.11. The van der Waals surface area contributed by atoms with Crippen molar-refractivity contribution in [1.29, 1.82) is 0 Å². The van der Waals surface area contributed by atoms with Crippen molar-refractivity contribution >= 4 is 23.3 Å². The highest BCUT2D eigenvalue weighted by Gasteiger charge is 2.26. The van der Waals surface area contributed by atoms with Gasteiger partial charge >= 0.3 is 5.97 Å². The van der Waals surface area contributed by atoms with Gasteiger partial charge in [0.15, 0.2) is 0 Å². The minimum absolute atomic E-state index is 0.645. The Bertz CT molecular complexity index is 388. The number of anilines is 1. The van der Waals surface area contributed by atoms with Gasteiger partial charge in [0, 0.05) is 10.7 Å². The number of aryl methyl sites for hydroxylation is 1. The predicted octanol–water partition coefficient (Wildman–Crippen LogP) is 2.92. The van der Waals surface area contributed by atoms with E-state index in [1.807, 2.05) is 6.92 Å². The van der Waals surface area contributed by atoms with Crippen LogP contribution < -0.4 is 5.32 Å². The molecule has 3 nitrogen and oxygen atoms in total. The van der Waals surface area contributed by atoms with Crippen molar-refractivity contribution in [2.24, 2.45) is 0 Å². The summed E-state index contributed by atoms with van der Waals surface area (Å²) in [7, 11) is 0. The second-order valence-corrected chi connectivity index (χ2v) is 4.45. The van der Waals surface area contributed by atoms with E-state index in [9.17, 15) is 4.79 Å². The SMILES string of the molecule is Cc1cc(Cl)ccc1NC(C)(C)C(=O)O. The van der Waals surface area contributed by atoms with E-state index < -0.39 is 11.5 Å². The largest absolute Gasteiger partial charge is 0.480 e. The van der Waals surface area contributed by atoms with Crippen molar-refractivity contribution in [2.45, 2.75) is 26.3 Å². The molecular weight excluding hydrogens is 214 g/mol. The highest BCUT2D eigenvalue weighted by atomic mass is 35.5. The summed E-state index contributed by atoms with van der Waals surface area (Å²) in [5.74, 6) is -0.892. The lowest BCUT2D eigenvalue weighted by Crippen LogP contribution is -2.40. The van der Waals surface area contributed by atoms with Gasteiger partial charge in [-0.05, 0) is 44.5 Å². The fourth-order valence-corrected chi connectivity index (χ4v) is 1.38. The van der Waals surface area contributed by atoms with Gasteiger partial charge in [-0.15, -0.1) is 0 Å². The first kappa shape index (κ1) is 11.9. The van der Waals surface area contributed by atoms with Crippen molar-refractivity contribution in [3.8, 4) is 0 Å². The molecule has 4 heteroatoms. The third kappa shape index (κ3) is 2.86. The summed E-state index contributed by atoms with van der Waals surface area (Å²) in [6, 6.07) is 5.30. The molecule has 0 atom stereocenters. The molecule has 0 saturated carbocycles. The van der Waals surface area contributed by atoms with Crippen LogP contribution in [0.25, 0.3) is 0 Å². The number of carbonyl (C=O) groups is 1. The molecule has 0 aliphatic rings. The number of aliphatic carboxylic acids is 1. The molecule has 0 saturated heterocycles. The summed E-state index contributed by atoms with van der Waals surface area (Å²) < 4.78 is 0. The van der Waals surface area contributed by atoms with E-state index in [4.69, 9.17) is 16.7 Å². The monoisotopic (exact) mass is 227 g/mol. The quantitative estimate of drug-likeness (QED) is 0.835. The van der Waals surface area contributed by atoms with E-state index in [0.29, 0.717) is 5.02 Å². The second kappa shape index (κ2) is 4.11. The molecule has 0 radical (unpaired) electrons. The van der Waals surface area contributed by atoms with E-state index in [1.165, 1.54) is 0 Å². The molecule has 0 aliphatic carbocycles. The number of rotatable bonds is 3. The molecular formula is C11H14ClNO2. The first-order valence-corrected chi connectivity index (χ1v) is 4.98. The van der Waals surface area contributed by atoms with Crippen LogP contribution in [0.2, 0.25) is 5.02 Å². The summed E-state index contributed by atoms with van der Waals surface area (Å²) >= 11 is 5.81. The average molecular weight is 228 g/mol. The van der Waals surface area contributed by atoms with Gasteiger partial charge < -0.3 is 10.4 Å². The van der Waals surface area contributed by atoms with Crippen LogP contribution in [0.5, 0.6) is 0 Å². The molecule has 1 aromatic carbocycles. The van der Waals surface area contributed by atoms with Crippen molar-refractivity contribution in [3.05, 3.63) is 28.8 Å². The highest BCUT2D eigenvalue weighted by molar-refractivity contribution is 6.30. The number of carboxylic acids is 1. The van der Waals surface area contributed by atoms with E-state index in [2.05, 4.69) is 5.32 Å². The Labute approximate surface area is 94.1 Å². The zero-order chi connectivity index (χ0) is 11.6. The molecule has 0 fully saturated rings. The Hall–Kier alpha value is -1.22. The standard InChI is InChI=1S/C11H14ClNO2/c1-7-6-8(12)4-5-9(7)13-11(2,3)10(14)15/h4-6,13H,1-3H3,(H,14,15). The van der Waals surface area contributed by atoms with Crippen LogP contribution in [0.1, 0.15) is 19.4 Å². The molecule has 0 amide bonds. The number of hydrogen-bond acceptors (Lipinski definition) is 2. The zero-order valence-corrected chi connectivity index (χ0v) is 9.72. The van der Waals surface area contributed by atoms with Crippen LogP contribution in [-0.4, -0.2) is 16.6 Å². The molecule has 1 rings (SSSR count). The van der Waals surface area contributed by atoms with E-state index in [-0.39, 0.29) is 0 Å². The molecule has 0 heterocycles. The Morgan fingerprint density at radius 3 is 2.53 bits per heavy atom. The normalized spacial score (nSPS) is 11.2. The van der Waals surface area contributed by atoms with Crippen LogP contribution in [0.15, 0.2) is 18.2 Å². The molecule has 2 N–H and O–H groups in total. The predicted molar refractivity (Wildman–Crippen MR) is 61.5 cm³/mol. The van der Waals surface area contributed by atoms with Gasteiger partial charge in [0.2, 0.25) is 0 Å². The van der Waals surface area contributed by atoms with Crippen molar-refractivity contribution in [1.82, 2.24) is 0 Å². The third-order valence-electron chi connectivity index (χ3n) is 2.17. The summed E-state index contributed by atoms with van der Waals surface area (Å²) in [4.78, 5) is 10.9. The molecule has 82 valence electrons. The minimum atomic E-state index is -0.988. The zero-order valence-electron chi connectivity index (χ0n) is 8.97. The van der Waals surface area contributed by atoms with E-state index in [1.54, 1.807) is 32.0 Å². The van der Waals surface area contributed by atoms with Gasteiger partial charge in [-0.2, -0.15) is 0 Å². The first-order chi connectivity index (χ1) is 6.83. The number of hydrogen-bond donors (Lipinski definition) is 2. The molecule has 0 spiro atoms. The van der Waals surface area contributed by atoms with Gasteiger partial charge in [0.25, 0.3) is 0 Å². The maximum Gasteiger partial charge on any atom is 0.328 e. The Morgan fingerprint density at radius 1 is 1.47 bits per heavy atom. The smallest absolute Gasteiger partial charge is 0.328 e. The van der Waals surface area contributed by atoms with E-state index >= 15 is 0 Å². The molecule has 0 bridgehead atoms. The third-order valence-corrected chi connectivity index (χ3v) is 2.41. The van der Waals surface area contributed by atoms with Gasteiger partial charge in [0.1, 0.15) is 5.54 Å². The van der Waals surface area contributed by atoms with Crippen molar-refractivity contribution in [3.63, 3.8) is 0 Å². The number of benzene rings is 1. The summed E-state index contributed by atoms with van der Waals surface area (Å²) in [5.41, 5.74) is 0.724.